The Balaban J connectivity index is 2.30. The van der Waals surface area contributed by atoms with Crippen molar-refractivity contribution in [2.75, 3.05) is 7.11 Å². The van der Waals surface area contributed by atoms with Crippen molar-refractivity contribution in [2.24, 2.45) is 0 Å². The maximum atomic E-state index is 12.3. The Bertz CT molecular complexity index is 631. The van der Waals surface area contributed by atoms with Crippen LogP contribution in [0.1, 0.15) is 51.3 Å². The number of benzene rings is 1. The van der Waals surface area contributed by atoms with E-state index in [1.54, 1.807) is 18.2 Å². The number of rotatable bonds is 4. The lowest BCUT2D eigenvalue weighted by atomic mass is 9.92. The van der Waals surface area contributed by atoms with Gasteiger partial charge in [0.25, 0.3) is 0 Å². The fourth-order valence-corrected chi connectivity index (χ4v) is 3.23. The summed E-state index contributed by atoms with van der Waals surface area (Å²) in [6.07, 6.45) is 0.783. The number of esters is 1. The molecule has 2 rings (SSSR count). The van der Waals surface area contributed by atoms with E-state index in [-0.39, 0.29) is 17.6 Å². The molecule has 0 amide bonds. The summed E-state index contributed by atoms with van der Waals surface area (Å²) < 4.78 is 11.0. The minimum Gasteiger partial charge on any atom is -0.468 e. The number of ether oxygens (including phenoxy) is 2. The first-order chi connectivity index (χ1) is 10.7. The van der Waals surface area contributed by atoms with Gasteiger partial charge in [0.1, 0.15) is 6.04 Å². The van der Waals surface area contributed by atoms with E-state index in [4.69, 9.17) is 14.7 Å². The number of carbonyl (C=O) groups excluding carboxylic acids is 1. The molecule has 0 saturated carbocycles. The molecule has 1 saturated heterocycles. The average molecular weight is 316 g/mol. The molecular formula is C18H24N2O3. The molecular weight excluding hydrogens is 292 g/mol. The molecule has 23 heavy (non-hydrogen) atoms. The summed E-state index contributed by atoms with van der Waals surface area (Å²) in [6, 6.07) is 8.48. The maximum absolute atomic E-state index is 12.3. The van der Waals surface area contributed by atoms with Gasteiger partial charge in [-0.1, -0.05) is 12.1 Å². The van der Waals surface area contributed by atoms with Crippen molar-refractivity contribution >= 4 is 5.97 Å². The van der Waals surface area contributed by atoms with Gasteiger partial charge in [0, 0.05) is 6.04 Å². The summed E-state index contributed by atoms with van der Waals surface area (Å²) in [5, 5.41) is 12.4. The standard InChI is InChI=1S/C18H24N2O3/c1-17(2)10-14(18(3,4)23-17)20-15(16(21)22-5)13-8-6-7-12(9-13)11-19/h6-9,14-15,20H,10H2,1-5H3/t14-,15-/m0/s1. The van der Waals surface area contributed by atoms with Crippen molar-refractivity contribution in [3.8, 4) is 6.07 Å². The molecule has 1 N–H and O–H groups in total. The highest BCUT2D eigenvalue weighted by Crippen LogP contribution is 2.38. The molecule has 1 aliphatic rings. The van der Waals surface area contributed by atoms with Crippen LogP contribution in [0, 0.1) is 11.3 Å². The minimum atomic E-state index is -0.630. The Morgan fingerprint density at radius 2 is 2.13 bits per heavy atom. The summed E-state index contributed by atoms with van der Waals surface area (Å²) in [4.78, 5) is 12.3. The first-order valence-corrected chi connectivity index (χ1v) is 7.72. The third-order valence-corrected chi connectivity index (χ3v) is 4.23. The van der Waals surface area contributed by atoms with E-state index in [0.717, 1.165) is 12.0 Å². The molecule has 124 valence electrons. The van der Waals surface area contributed by atoms with Crippen molar-refractivity contribution < 1.29 is 14.3 Å². The van der Waals surface area contributed by atoms with Crippen LogP contribution in [0.5, 0.6) is 0 Å². The quantitative estimate of drug-likeness (QED) is 0.865. The summed E-state index contributed by atoms with van der Waals surface area (Å²) in [7, 11) is 1.37. The lowest BCUT2D eigenvalue weighted by Gasteiger charge is -2.30. The summed E-state index contributed by atoms with van der Waals surface area (Å²) >= 11 is 0. The molecule has 1 fully saturated rings. The molecule has 0 aromatic heterocycles. The van der Waals surface area contributed by atoms with Crippen LogP contribution in [-0.2, 0) is 14.3 Å². The highest BCUT2D eigenvalue weighted by Gasteiger charge is 2.47. The summed E-state index contributed by atoms with van der Waals surface area (Å²) in [5.74, 6) is -0.374. The molecule has 0 aliphatic carbocycles. The van der Waals surface area contributed by atoms with Gasteiger partial charge in [-0.15, -0.1) is 0 Å². The SMILES string of the molecule is COC(=O)[C@@H](N[C@H]1CC(C)(C)OC1(C)C)c1cccc(C#N)c1. The second kappa shape index (κ2) is 6.31. The normalized spacial score (nSPS) is 23.0. The number of nitrogens with zero attached hydrogens (tertiary/aromatic N) is 1. The predicted octanol–water partition coefficient (Wildman–Crippen LogP) is 2.71. The topological polar surface area (TPSA) is 71.3 Å². The van der Waals surface area contributed by atoms with Gasteiger partial charge in [-0.3, -0.25) is 5.32 Å². The van der Waals surface area contributed by atoms with E-state index >= 15 is 0 Å². The minimum absolute atomic E-state index is 0.00709. The summed E-state index contributed by atoms with van der Waals surface area (Å²) in [6.45, 7) is 8.11. The van der Waals surface area contributed by atoms with Crippen LogP contribution in [0.15, 0.2) is 24.3 Å². The highest BCUT2D eigenvalue weighted by molar-refractivity contribution is 5.77. The van der Waals surface area contributed by atoms with Crippen LogP contribution in [0.3, 0.4) is 0 Å². The second-order valence-electron chi connectivity index (χ2n) is 7.08. The lowest BCUT2D eigenvalue weighted by molar-refractivity contribution is -0.144. The van der Waals surface area contributed by atoms with Crippen LogP contribution in [0.2, 0.25) is 0 Å². The lowest BCUT2D eigenvalue weighted by Crippen LogP contribution is -2.47. The zero-order chi connectivity index (χ0) is 17.3. The van der Waals surface area contributed by atoms with E-state index < -0.39 is 11.6 Å². The van der Waals surface area contributed by atoms with E-state index in [9.17, 15) is 4.79 Å². The van der Waals surface area contributed by atoms with Crippen LogP contribution in [0.25, 0.3) is 0 Å². The first-order valence-electron chi connectivity index (χ1n) is 7.72. The van der Waals surface area contributed by atoms with Crippen molar-refractivity contribution in [3.63, 3.8) is 0 Å². The highest BCUT2D eigenvalue weighted by atomic mass is 16.5. The van der Waals surface area contributed by atoms with Gasteiger partial charge in [-0.2, -0.15) is 5.26 Å². The van der Waals surface area contributed by atoms with E-state index in [1.165, 1.54) is 7.11 Å². The van der Waals surface area contributed by atoms with Crippen LogP contribution < -0.4 is 5.32 Å². The van der Waals surface area contributed by atoms with Crippen molar-refractivity contribution in [1.82, 2.24) is 5.32 Å². The number of carbonyl (C=O) groups is 1. The maximum Gasteiger partial charge on any atom is 0.327 e. The first kappa shape index (κ1) is 17.5. The van der Waals surface area contributed by atoms with Gasteiger partial charge in [-0.05, 0) is 51.8 Å². The number of hydrogen-bond acceptors (Lipinski definition) is 5. The molecule has 0 unspecified atom stereocenters. The number of nitriles is 1. The Morgan fingerprint density at radius 1 is 1.43 bits per heavy atom. The van der Waals surface area contributed by atoms with Crippen LogP contribution in [0.4, 0.5) is 0 Å². The Kier molecular flexibility index (Phi) is 4.79. The van der Waals surface area contributed by atoms with Gasteiger partial charge < -0.3 is 9.47 Å². The Morgan fingerprint density at radius 3 is 2.65 bits per heavy atom. The van der Waals surface area contributed by atoms with Crippen molar-refractivity contribution in [1.29, 1.82) is 5.26 Å². The number of nitrogens with one attached hydrogen (secondary N) is 1. The molecule has 5 heteroatoms. The van der Waals surface area contributed by atoms with Crippen LogP contribution in [-0.4, -0.2) is 30.3 Å². The van der Waals surface area contributed by atoms with Crippen molar-refractivity contribution in [2.45, 2.75) is 57.4 Å². The molecule has 1 aromatic carbocycles. The van der Waals surface area contributed by atoms with E-state index in [1.807, 2.05) is 33.8 Å². The van der Waals surface area contributed by atoms with E-state index in [2.05, 4.69) is 11.4 Å². The molecule has 1 aliphatic heterocycles. The largest absolute Gasteiger partial charge is 0.468 e. The fourth-order valence-electron chi connectivity index (χ4n) is 3.23. The van der Waals surface area contributed by atoms with E-state index in [0.29, 0.717) is 5.56 Å². The third kappa shape index (κ3) is 3.90. The van der Waals surface area contributed by atoms with Gasteiger partial charge >= 0.3 is 5.97 Å². The van der Waals surface area contributed by atoms with Crippen molar-refractivity contribution in [3.05, 3.63) is 35.4 Å². The monoisotopic (exact) mass is 316 g/mol. The molecule has 5 nitrogen and oxygen atoms in total. The zero-order valence-corrected chi connectivity index (χ0v) is 14.3. The molecule has 1 aromatic rings. The van der Waals surface area contributed by atoms with Crippen LogP contribution >= 0.6 is 0 Å². The molecule has 0 radical (unpaired) electrons. The smallest absolute Gasteiger partial charge is 0.327 e. The zero-order valence-electron chi connectivity index (χ0n) is 14.3. The third-order valence-electron chi connectivity index (χ3n) is 4.23. The van der Waals surface area contributed by atoms with Gasteiger partial charge in [0.05, 0.1) is 29.9 Å². The molecule has 0 bridgehead atoms. The van der Waals surface area contributed by atoms with Gasteiger partial charge in [-0.25, -0.2) is 4.79 Å². The number of methoxy groups -OCH3 is 1. The number of hydrogen-bond donors (Lipinski definition) is 1. The predicted molar refractivity (Wildman–Crippen MR) is 86.7 cm³/mol. The Labute approximate surface area is 137 Å². The van der Waals surface area contributed by atoms with Gasteiger partial charge in [0.2, 0.25) is 0 Å². The average Bonchev–Trinajstić information content (AvgIpc) is 2.70. The summed E-state index contributed by atoms with van der Waals surface area (Å²) in [5.41, 5.74) is 0.579. The molecule has 0 spiro atoms. The Hall–Kier alpha value is -1.90. The fraction of sp³-hybridized carbons (Fsp3) is 0.556. The second-order valence-corrected chi connectivity index (χ2v) is 7.08. The molecule has 2 atom stereocenters. The molecule has 1 heterocycles. The van der Waals surface area contributed by atoms with Gasteiger partial charge in [0.15, 0.2) is 0 Å².